The van der Waals surface area contributed by atoms with E-state index >= 15 is 0 Å². The van der Waals surface area contributed by atoms with Gasteiger partial charge in [-0.05, 0) is 30.3 Å². The second kappa shape index (κ2) is 7.74. The Hall–Kier alpha value is -3.32. The molecule has 0 bridgehead atoms. The number of anilines is 3. The molecule has 3 aromatic rings. The van der Waals surface area contributed by atoms with Crippen molar-refractivity contribution in [2.75, 3.05) is 42.1 Å². The SMILES string of the molecule is CC(=O)Nc1cccc(-c2cc(-c3cc(N)c(N4CCNCC4)[nH]3)ccn2)c1. The van der Waals surface area contributed by atoms with Gasteiger partial charge < -0.3 is 26.3 Å². The highest BCUT2D eigenvalue weighted by atomic mass is 16.1. The van der Waals surface area contributed by atoms with Crippen molar-refractivity contribution in [3.8, 4) is 22.5 Å². The standard InChI is InChI=1S/C21H24N6O/c1-14(28)25-17-4-2-3-15(11-17)19-12-16(5-6-24-19)20-13-18(22)21(26-20)27-9-7-23-8-10-27/h2-6,11-13,23,26H,7-10,22H2,1H3,(H,25,28). The highest BCUT2D eigenvalue weighted by Gasteiger charge is 2.16. The topological polar surface area (TPSA) is 99.1 Å². The van der Waals surface area contributed by atoms with E-state index in [1.54, 1.807) is 6.20 Å². The summed E-state index contributed by atoms with van der Waals surface area (Å²) >= 11 is 0. The molecule has 1 aromatic carbocycles. The van der Waals surface area contributed by atoms with Gasteiger partial charge in [-0.25, -0.2) is 0 Å². The molecule has 0 unspecified atom stereocenters. The molecule has 1 aliphatic heterocycles. The molecule has 0 aliphatic carbocycles. The first kappa shape index (κ1) is 18.1. The Bertz CT molecular complexity index is 990. The summed E-state index contributed by atoms with van der Waals surface area (Å²) in [6.07, 6.45) is 1.79. The molecule has 1 fully saturated rings. The summed E-state index contributed by atoms with van der Waals surface area (Å²) in [6, 6.07) is 13.6. The quantitative estimate of drug-likeness (QED) is 0.561. The smallest absolute Gasteiger partial charge is 0.221 e. The van der Waals surface area contributed by atoms with Gasteiger partial charge >= 0.3 is 0 Å². The molecule has 0 radical (unpaired) electrons. The lowest BCUT2D eigenvalue weighted by Crippen LogP contribution is -2.43. The van der Waals surface area contributed by atoms with Gasteiger partial charge in [0, 0.05) is 61.8 Å². The third-order valence-corrected chi connectivity index (χ3v) is 4.81. The zero-order valence-electron chi connectivity index (χ0n) is 15.8. The van der Waals surface area contributed by atoms with E-state index in [2.05, 4.69) is 25.5 Å². The van der Waals surface area contributed by atoms with Crippen LogP contribution in [-0.2, 0) is 4.79 Å². The predicted molar refractivity (Wildman–Crippen MR) is 113 cm³/mol. The molecule has 0 saturated carbocycles. The first-order chi connectivity index (χ1) is 13.6. The first-order valence-corrected chi connectivity index (χ1v) is 9.39. The maximum absolute atomic E-state index is 11.3. The number of benzene rings is 1. The van der Waals surface area contributed by atoms with E-state index in [1.165, 1.54) is 6.92 Å². The Balaban J connectivity index is 1.63. The Kier molecular flexibility index (Phi) is 4.99. The number of H-pyrrole nitrogens is 1. The average Bonchev–Trinajstić information content (AvgIpc) is 3.10. The lowest BCUT2D eigenvalue weighted by molar-refractivity contribution is -0.114. The Morgan fingerprint density at radius 2 is 1.96 bits per heavy atom. The normalized spacial score (nSPS) is 14.1. The van der Waals surface area contributed by atoms with Crippen LogP contribution in [-0.4, -0.2) is 42.1 Å². The molecule has 144 valence electrons. The Labute approximate surface area is 164 Å². The van der Waals surface area contributed by atoms with E-state index in [9.17, 15) is 4.79 Å². The number of hydrogen-bond donors (Lipinski definition) is 4. The van der Waals surface area contributed by atoms with E-state index < -0.39 is 0 Å². The Morgan fingerprint density at radius 1 is 1.14 bits per heavy atom. The number of amides is 1. The second-order valence-corrected chi connectivity index (χ2v) is 6.92. The van der Waals surface area contributed by atoms with Crippen molar-refractivity contribution in [2.45, 2.75) is 6.92 Å². The van der Waals surface area contributed by atoms with Crippen molar-refractivity contribution in [3.05, 3.63) is 48.7 Å². The highest BCUT2D eigenvalue weighted by Crippen LogP contribution is 2.31. The summed E-state index contributed by atoms with van der Waals surface area (Å²) in [6.45, 7) is 5.27. The van der Waals surface area contributed by atoms with Gasteiger partial charge in [-0.15, -0.1) is 0 Å². The largest absolute Gasteiger partial charge is 0.396 e. The monoisotopic (exact) mass is 376 g/mol. The van der Waals surface area contributed by atoms with Crippen LogP contribution in [0.15, 0.2) is 48.7 Å². The predicted octanol–water partition coefficient (Wildman–Crippen LogP) is 2.69. The summed E-state index contributed by atoms with van der Waals surface area (Å²) in [5.74, 6) is 0.878. The van der Waals surface area contributed by atoms with E-state index in [-0.39, 0.29) is 5.91 Å². The fourth-order valence-corrected chi connectivity index (χ4v) is 3.48. The molecule has 1 aliphatic rings. The van der Waals surface area contributed by atoms with Crippen LogP contribution in [0.25, 0.3) is 22.5 Å². The number of piperazine rings is 1. The molecule has 28 heavy (non-hydrogen) atoms. The summed E-state index contributed by atoms with van der Waals surface area (Å²) in [5.41, 5.74) is 11.5. The first-order valence-electron chi connectivity index (χ1n) is 9.39. The molecular weight excluding hydrogens is 352 g/mol. The van der Waals surface area contributed by atoms with Crippen molar-refractivity contribution in [2.24, 2.45) is 0 Å². The minimum Gasteiger partial charge on any atom is -0.396 e. The van der Waals surface area contributed by atoms with Crippen LogP contribution in [0.5, 0.6) is 0 Å². The zero-order chi connectivity index (χ0) is 19.5. The molecule has 1 amide bonds. The molecule has 5 N–H and O–H groups in total. The molecule has 7 heteroatoms. The maximum atomic E-state index is 11.3. The minimum absolute atomic E-state index is 0.0961. The Morgan fingerprint density at radius 3 is 2.75 bits per heavy atom. The third kappa shape index (κ3) is 3.84. The van der Waals surface area contributed by atoms with E-state index in [0.717, 1.165) is 65.9 Å². The van der Waals surface area contributed by atoms with Crippen LogP contribution in [0, 0.1) is 0 Å². The van der Waals surface area contributed by atoms with Gasteiger partial charge in [0.15, 0.2) is 0 Å². The van der Waals surface area contributed by atoms with Gasteiger partial charge in [0.05, 0.1) is 11.4 Å². The second-order valence-electron chi connectivity index (χ2n) is 6.92. The summed E-state index contributed by atoms with van der Waals surface area (Å²) < 4.78 is 0. The van der Waals surface area contributed by atoms with Crippen LogP contribution in [0.1, 0.15) is 6.92 Å². The summed E-state index contributed by atoms with van der Waals surface area (Å²) in [7, 11) is 0. The van der Waals surface area contributed by atoms with Crippen LogP contribution in [0.3, 0.4) is 0 Å². The molecular formula is C21H24N6O. The zero-order valence-corrected chi connectivity index (χ0v) is 15.8. The van der Waals surface area contributed by atoms with Crippen molar-refractivity contribution in [1.29, 1.82) is 0 Å². The number of pyridine rings is 1. The highest BCUT2D eigenvalue weighted by molar-refractivity contribution is 5.89. The number of aromatic amines is 1. The fraction of sp³-hybridized carbons (Fsp3) is 0.238. The number of aromatic nitrogens is 2. The number of hydrogen-bond acceptors (Lipinski definition) is 5. The molecule has 7 nitrogen and oxygen atoms in total. The molecule has 0 atom stereocenters. The van der Waals surface area contributed by atoms with Crippen LogP contribution >= 0.6 is 0 Å². The van der Waals surface area contributed by atoms with E-state index in [0.29, 0.717) is 0 Å². The van der Waals surface area contributed by atoms with Gasteiger partial charge in [-0.2, -0.15) is 0 Å². The summed E-state index contributed by atoms with van der Waals surface area (Å²) in [5, 5.41) is 6.16. The van der Waals surface area contributed by atoms with Gasteiger partial charge in [-0.3, -0.25) is 9.78 Å². The average molecular weight is 376 g/mol. The summed E-state index contributed by atoms with van der Waals surface area (Å²) in [4.78, 5) is 21.6. The van der Waals surface area contributed by atoms with Gasteiger partial charge in [0.2, 0.25) is 5.91 Å². The van der Waals surface area contributed by atoms with Crippen LogP contribution < -0.4 is 21.3 Å². The number of nitrogens with zero attached hydrogens (tertiary/aromatic N) is 2. The minimum atomic E-state index is -0.0961. The van der Waals surface area contributed by atoms with Crippen LogP contribution in [0.2, 0.25) is 0 Å². The number of carbonyl (C=O) groups excluding carboxylic acids is 1. The van der Waals surface area contributed by atoms with Crippen molar-refractivity contribution in [1.82, 2.24) is 15.3 Å². The molecule has 0 spiro atoms. The van der Waals surface area contributed by atoms with Crippen molar-refractivity contribution >= 4 is 23.1 Å². The third-order valence-electron chi connectivity index (χ3n) is 4.81. The number of nitrogens with one attached hydrogen (secondary N) is 3. The number of rotatable bonds is 4. The molecule has 3 heterocycles. The number of nitrogen functional groups attached to an aromatic ring is 1. The fourth-order valence-electron chi connectivity index (χ4n) is 3.48. The van der Waals surface area contributed by atoms with E-state index in [1.807, 2.05) is 42.5 Å². The van der Waals surface area contributed by atoms with Crippen molar-refractivity contribution in [3.63, 3.8) is 0 Å². The molecule has 2 aromatic heterocycles. The maximum Gasteiger partial charge on any atom is 0.221 e. The lowest BCUT2D eigenvalue weighted by atomic mass is 10.1. The lowest BCUT2D eigenvalue weighted by Gasteiger charge is -2.28. The van der Waals surface area contributed by atoms with Gasteiger partial charge in [0.1, 0.15) is 5.82 Å². The van der Waals surface area contributed by atoms with Crippen LogP contribution in [0.4, 0.5) is 17.2 Å². The number of nitrogens with two attached hydrogens (primary N) is 1. The van der Waals surface area contributed by atoms with E-state index in [4.69, 9.17) is 5.73 Å². The van der Waals surface area contributed by atoms with Gasteiger partial charge in [0.25, 0.3) is 0 Å². The molecule has 4 rings (SSSR count). The van der Waals surface area contributed by atoms with Gasteiger partial charge in [-0.1, -0.05) is 12.1 Å². The number of carbonyl (C=O) groups is 1. The molecule has 1 saturated heterocycles. The van der Waals surface area contributed by atoms with Crippen molar-refractivity contribution < 1.29 is 4.79 Å².